The highest BCUT2D eigenvalue weighted by Crippen LogP contribution is 2.12. The highest BCUT2D eigenvalue weighted by Gasteiger charge is 2.16. The number of rotatable bonds is 12. The summed E-state index contributed by atoms with van der Waals surface area (Å²) in [6.07, 6.45) is 1.61. The molecule has 3 aromatic rings. The molecule has 1 amide bonds. The summed E-state index contributed by atoms with van der Waals surface area (Å²) in [5, 5.41) is 3.44. The SMILES string of the molecule is C=C(NC(CCN(Cc1ccccc1)C(C)=O)Cc1ccccc1)OCc1ccccc1. The van der Waals surface area contributed by atoms with Crippen molar-refractivity contribution in [1.82, 2.24) is 10.2 Å². The van der Waals surface area contributed by atoms with Gasteiger partial charge >= 0.3 is 0 Å². The summed E-state index contributed by atoms with van der Waals surface area (Å²) in [5.74, 6) is 0.624. The maximum absolute atomic E-state index is 12.3. The van der Waals surface area contributed by atoms with E-state index < -0.39 is 0 Å². The number of nitrogens with zero attached hydrogens (tertiary/aromatic N) is 1. The molecule has 0 aliphatic rings. The minimum atomic E-state index is 0.0754. The smallest absolute Gasteiger partial charge is 0.219 e. The van der Waals surface area contributed by atoms with Crippen molar-refractivity contribution < 1.29 is 9.53 Å². The second kappa shape index (κ2) is 12.4. The Morgan fingerprint density at radius 3 is 1.97 bits per heavy atom. The third kappa shape index (κ3) is 7.95. The van der Waals surface area contributed by atoms with E-state index in [1.54, 1.807) is 6.92 Å². The Kier molecular flexibility index (Phi) is 8.93. The summed E-state index contributed by atoms with van der Waals surface area (Å²) in [6.45, 7) is 7.43. The molecule has 166 valence electrons. The van der Waals surface area contributed by atoms with Crippen molar-refractivity contribution in [2.45, 2.75) is 39.0 Å². The normalized spacial score (nSPS) is 11.4. The van der Waals surface area contributed by atoms with E-state index in [9.17, 15) is 4.79 Å². The van der Waals surface area contributed by atoms with Crippen molar-refractivity contribution >= 4 is 5.91 Å². The van der Waals surface area contributed by atoms with Gasteiger partial charge in [0.1, 0.15) is 6.61 Å². The second-order valence-corrected chi connectivity index (χ2v) is 7.94. The van der Waals surface area contributed by atoms with Gasteiger partial charge in [-0.1, -0.05) is 91.0 Å². The number of hydrogen-bond donors (Lipinski definition) is 1. The number of carbonyl (C=O) groups is 1. The first-order valence-corrected chi connectivity index (χ1v) is 11.1. The molecule has 0 heterocycles. The average Bonchev–Trinajstić information content (AvgIpc) is 2.82. The molecule has 1 N–H and O–H groups in total. The minimum absolute atomic E-state index is 0.0754. The molecule has 0 bridgehead atoms. The predicted octanol–water partition coefficient (Wildman–Crippen LogP) is 5.31. The zero-order valence-electron chi connectivity index (χ0n) is 18.7. The number of carbonyl (C=O) groups excluding carboxylic acids is 1. The summed E-state index contributed by atoms with van der Waals surface area (Å²) in [5.41, 5.74) is 3.46. The third-order valence-electron chi connectivity index (χ3n) is 5.35. The van der Waals surface area contributed by atoms with Gasteiger partial charge in [0.25, 0.3) is 0 Å². The molecule has 1 atom stereocenters. The molecule has 0 saturated carbocycles. The van der Waals surface area contributed by atoms with Crippen LogP contribution in [0.15, 0.2) is 103 Å². The molecular weight excluding hydrogens is 396 g/mol. The molecule has 0 aromatic heterocycles. The van der Waals surface area contributed by atoms with E-state index in [4.69, 9.17) is 4.74 Å². The Bertz CT molecular complexity index is 958. The van der Waals surface area contributed by atoms with Crippen molar-refractivity contribution in [1.29, 1.82) is 0 Å². The molecular formula is C28H32N2O2. The van der Waals surface area contributed by atoms with Crippen LogP contribution in [0.5, 0.6) is 0 Å². The molecule has 3 rings (SSSR count). The summed E-state index contributed by atoms with van der Waals surface area (Å²) in [6, 6.07) is 30.6. The number of benzene rings is 3. The fraction of sp³-hybridized carbons (Fsp3) is 0.250. The highest BCUT2D eigenvalue weighted by molar-refractivity contribution is 5.73. The molecule has 0 aliphatic heterocycles. The Morgan fingerprint density at radius 1 is 0.875 bits per heavy atom. The van der Waals surface area contributed by atoms with Gasteiger partial charge in [-0.15, -0.1) is 0 Å². The quantitative estimate of drug-likeness (QED) is 0.397. The molecule has 32 heavy (non-hydrogen) atoms. The summed E-state index contributed by atoms with van der Waals surface area (Å²) in [7, 11) is 0. The average molecular weight is 429 g/mol. The van der Waals surface area contributed by atoms with Crippen LogP contribution in [-0.4, -0.2) is 23.4 Å². The standard InChI is InChI=1S/C28H32N2O2/c1-23(32-22-27-16-10-5-11-17-27)29-28(20-25-12-6-3-7-13-25)18-19-30(24(2)31)21-26-14-8-4-9-15-26/h3-17,28-29H,1,18-22H2,2H3. The largest absolute Gasteiger partial charge is 0.475 e. The maximum Gasteiger partial charge on any atom is 0.219 e. The first-order chi connectivity index (χ1) is 15.6. The molecule has 3 aromatic carbocycles. The highest BCUT2D eigenvalue weighted by atomic mass is 16.5. The molecule has 0 spiro atoms. The van der Waals surface area contributed by atoms with Crippen molar-refractivity contribution in [2.75, 3.05) is 6.54 Å². The molecule has 1 unspecified atom stereocenters. The van der Waals surface area contributed by atoms with Gasteiger partial charge in [-0.05, 0) is 36.1 Å². The van der Waals surface area contributed by atoms with Crippen molar-refractivity contribution in [3.8, 4) is 0 Å². The number of nitrogens with one attached hydrogen (secondary N) is 1. The lowest BCUT2D eigenvalue weighted by Gasteiger charge is -2.26. The van der Waals surface area contributed by atoms with Crippen molar-refractivity contribution in [3.05, 3.63) is 120 Å². The van der Waals surface area contributed by atoms with E-state index in [0.29, 0.717) is 25.6 Å². The summed E-state index contributed by atoms with van der Waals surface area (Å²) >= 11 is 0. The fourth-order valence-electron chi connectivity index (χ4n) is 3.60. The first-order valence-electron chi connectivity index (χ1n) is 11.1. The van der Waals surface area contributed by atoms with Gasteiger partial charge in [-0.25, -0.2) is 0 Å². The number of amides is 1. The molecule has 4 nitrogen and oxygen atoms in total. The Hall–Kier alpha value is -3.53. The monoisotopic (exact) mass is 428 g/mol. The lowest BCUT2D eigenvalue weighted by molar-refractivity contribution is -0.129. The number of hydrogen-bond acceptors (Lipinski definition) is 3. The van der Waals surface area contributed by atoms with Crippen molar-refractivity contribution in [3.63, 3.8) is 0 Å². The van der Waals surface area contributed by atoms with Gasteiger partial charge in [-0.2, -0.15) is 0 Å². The lowest BCUT2D eigenvalue weighted by atomic mass is 10.0. The maximum atomic E-state index is 12.3. The van der Waals surface area contributed by atoms with Crippen LogP contribution in [-0.2, 0) is 29.1 Å². The fourth-order valence-corrected chi connectivity index (χ4v) is 3.60. The van der Waals surface area contributed by atoms with E-state index in [1.165, 1.54) is 5.56 Å². The zero-order valence-corrected chi connectivity index (χ0v) is 18.7. The van der Waals surface area contributed by atoms with Crippen LogP contribution >= 0.6 is 0 Å². The van der Waals surface area contributed by atoms with Crippen LogP contribution in [0.2, 0.25) is 0 Å². The Labute approximate surface area is 191 Å². The van der Waals surface area contributed by atoms with Crippen molar-refractivity contribution in [2.24, 2.45) is 0 Å². The second-order valence-electron chi connectivity index (χ2n) is 7.94. The Morgan fingerprint density at radius 2 is 1.41 bits per heavy atom. The van der Waals surface area contributed by atoms with E-state index >= 15 is 0 Å². The van der Waals surface area contributed by atoms with Gasteiger partial charge in [0.2, 0.25) is 5.91 Å². The Balaban J connectivity index is 1.60. The van der Waals surface area contributed by atoms with Gasteiger partial charge in [0, 0.05) is 26.1 Å². The van der Waals surface area contributed by atoms with E-state index in [0.717, 1.165) is 24.0 Å². The first kappa shape index (κ1) is 23.1. The summed E-state index contributed by atoms with van der Waals surface area (Å²) in [4.78, 5) is 14.2. The summed E-state index contributed by atoms with van der Waals surface area (Å²) < 4.78 is 5.86. The van der Waals surface area contributed by atoms with Gasteiger partial charge in [-0.3, -0.25) is 4.79 Å². The molecule has 0 radical (unpaired) electrons. The van der Waals surface area contributed by atoms with Crippen LogP contribution in [0.1, 0.15) is 30.0 Å². The molecule has 0 fully saturated rings. The van der Waals surface area contributed by atoms with Gasteiger partial charge in [0.15, 0.2) is 5.88 Å². The number of ether oxygens (including phenoxy) is 1. The molecule has 0 aliphatic carbocycles. The van der Waals surface area contributed by atoms with Gasteiger partial charge < -0.3 is 15.0 Å². The third-order valence-corrected chi connectivity index (χ3v) is 5.35. The predicted molar refractivity (Wildman–Crippen MR) is 130 cm³/mol. The van der Waals surface area contributed by atoms with Crippen LogP contribution in [0, 0.1) is 0 Å². The van der Waals surface area contributed by atoms with E-state index in [2.05, 4.69) is 36.2 Å². The van der Waals surface area contributed by atoms with E-state index in [-0.39, 0.29) is 11.9 Å². The minimum Gasteiger partial charge on any atom is -0.475 e. The van der Waals surface area contributed by atoms with Crippen LogP contribution < -0.4 is 5.32 Å². The van der Waals surface area contributed by atoms with Crippen LogP contribution in [0.4, 0.5) is 0 Å². The van der Waals surface area contributed by atoms with Crippen LogP contribution in [0.25, 0.3) is 0 Å². The zero-order chi connectivity index (χ0) is 22.6. The topological polar surface area (TPSA) is 41.6 Å². The molecule has 0 saturated heterocycles. The van der Waals surface area contributed by atoms with E-state index in [1.807, 2.05) is 71.6 Å². The lowest BCUT2D eigenvalue weighted by Crippen LogP contribution is -2.37. The molecule has 4 heteroatoms. The van der Waals surface area contributed by atoms with Gasteiger partial charge in [0.05, 0.1) is 0 Å². The van der Waals surface area contributed by atoms with Crippen LogP contribution in [0.3, 0.4) is 0 Å².